The molecule has 5 rings (SSSR count). The lowest BCUT2D eigenvalue weighted by atomic mass is 10.2. The summed E-state index contributed by atoms with van der Waals surface area (Å²) in [6, 6.07) is 1.52. The number of nitrogens with zero attached hydrogens (tertiary/aromatic N) is 6. The zero-order valence-corrected chi connectivity index (χ0v) is 24.1. The van der Waals surface area contributed by atoms with Gasteiger partial charge >= 0.3 is 22.1 Å². The summed E-state index contributed by atoms with van der Waals surface area (Å²) in [6.45, 7) is -0.0725. The van der Waals surface area contributed by atoms with Gasteiger partial charge in [-0.2, -0.15) is 4.98 Å². The number of aromatic nitrogens is 6. The highest BCUT2D eigenvalue weighted by Crippen LogP contribution is 2.38. The first kappa shape index (κ1) is 35.5. The van der Waals surface area contributed by atoms with E-state index in [9.17, 15) is 9.36 Å². The molecule has 2 aliphatic rings. The molecule has 3 aromatic rings. The van der Waals surface area contributed by atoms with Crippen molar-refractivity contribution in [1.82, 2.24) is 29.1 Å². The molecular weight excluding hydrogens is 606 g/mol. The van der Waals surface area contributed by atoms with E-state index in [1.165, 1.54) is 23.2 Å². The monoisotopic (exact) mass is 640 g/mol. The molecule has 0 aromatic carbocycles. The molecule has 5 heterocycles. The number of anilines is 2. The minimum absolute atomic E-state index is 0. The second-order valence-corrected chi connectivity index (χ2v) is 10.5. The quantitative estimate of drug-likeness (QED) is 0.141. The van der Waals surface area contributed by atoms with E-state index in [0.29, 0.717) is 36.8 Å². The molecule has 11 N–H and O–H groups in total. The van der Waals surface area contributed by atoms with Gasteiger partial charge in [0, 0.05) is 13.3 Å². The number of phosphoric ester groups is 1. The van der Waals surface area contributed by atoms with Crippen LogP contribution in [0.4, 0.5) is 11.6 Å². The smallest absolute Gasteiger partial charge is 0.412 e. The number of ether oxygens (including phenoxy) is 2. The average Bonchev–Trinajstić information content (AvgIpc) is 3.67. The average molecular weight is 640 g/mol. The highest BCUT2D eigenvalue weighted by Gasteiger charge is 2.30. The number of hydrogen-bond acceptors (Lipinski definition) is 15. The number of imidazole rings is 1. The summed E-state index contributed by atoms with van der Waals surface area (Å²) < 4.78 is 34.2. The fourth-order valence-corrected chi connectivity index (χ4v) is 4.74. The van der Waals surface area contributed by atoms with Gasteiger partial charge in [0.25, 0.3) is 0 Å². The molecule has 0 saturated carbocycles. The van der Waals surface area contributed by atoms with Gasteiger partial charge in [-0.25, -0.2) is 24.3 Å². The summed E-state index contributed by atoms with van der Waals surface area (Å²) in [6.07, 6.45) is 5.63. The van der Waals surface area contributed by atoms with Crippen molar-refractivity contribution in [3.8, 4) is 0 Å². The van der Waals surface area contributed by atoms with Crippen molar-refractivity contribution in [3.05, 3.63) is 35.4 Å². The van der Waals surface area contributed by atoms with Crippen LogP contribution in [0.25, 0.3) is 11.2 Å². The fourth-order valence-electron chi connectivity index (χ4n) is 4.08. The molecule has 20 nitrogen and oxygen atoms in total. The molecule has 0 aliphatic carbocycles. The molecule has 0 bridgehead atoms. The highest BCUT2D eigenvalue weighted by atomic mass is 31.2. The van der Waals surface area contributed by atoms with Crippen LogP contribution in [-0.4, -0.2) is 91.8 Å². The lowest BCUT2D eigenvalue weighted by Gasteiger charge is -2.15. The zero-order chi connectivity index (χ0) is 30.2. The Morgan fingerprint density at radius 3 is 2.24 bits per heavy atom. The number of aliphatic hydroxyl groups excluding tert-OH is 1. The molecule has 4 unspecified atom stereocenters. The van der Waals surface area contributed by atoms with Crippen LogP contribution >= 0.6 is 16.4 Å². The van der Waals surface area contributed by atoms with Gasteiger partial charge in [-0.05, 0) is 31.7 Å². The maximum absolute atomic E-state index is 11.6. The van der Waals surface area contributed by atoms with Crippen LogP contribution in [-0.2, 0) is 23.1 Å². The van der Waals surface area contributed by atoms with Crippen molar-refractivity contribution in [2.75, 3.05) is 31.8 Å². The predicted octanol–water partition coefficient (Wildman–Crippen LogP) is -1.29. The van der Waals surface area contributed by atoms with Crippen LogP contribution in [0.2, 0.25) is 0 Å². The van der Waals surface area contributed by atoms with E-state index in [4.69, 9.17) is 45.6 Å². The molecule has 0 radical (unpaired) electrons. The van der Waals surface area contributed by atoms with Crippen molar-refractivity contribution in [1.29, 1.82) is 0 Å². The first-order valence-corrected chi connectivity index (χ1v) is 14.7. The first-order chi connectivity index (χ1) is 19.5. The summed E-state index contributed by atoms with van der Waals surface area (Å²) >= 11 is 0. The van der Waals surface area contributed by atoms with Crippen LogP contribution in [0.3, 0.4) is 0 Å². The molecule has 42 heavy (non-hydrogen) atoms. The Morgan fingerprint density at radius 2 is 1.64 bits per heavy atom. The van der Waals surface area contributed by atoms with Crippen LogP contribution in [0, 0.1) is 0 Å². The molecule has 2 saturated heterocycles. The minimum atomic E-state index is -4.48. The predicted molar refractivity (Wildman–Crippen MR) is 146 cm³/mol. The molecule has 2 aliphatic heterocycles. The summed E-state index contributed by atoms with van der Waals surface area (Å²) in [5, 5.41) is 7.00. The van der Waals surface area contributed by atoms with E-state index >= 15 is 0 Å². The number of aliphatic hydroxyl groups is 1. The van der Waals surface area contributed by atoms with Crippen LogP contribution < -0.4 is 17.2 Å². The summed E-state index contributed by atoms with van der Waals surface area (Å²) in [5.41, 5.74) is 11.7. The van der Waals surface area contributed by atoms with Gasteiger partial charge in [-0.15, -0.1) is 0 Å². The van der Waals surface area contributed by atoms with E-state index in [1.54, 1.807) is 10.9 Å². The standard InChI is InChI=1S/C10H14N5O5P.C9H14N3O5P.CH4O.H2O/c11-9-8-10(13-4-12-9)15(5-14-8)7-2-1-6(20-7)3-19-21(16,17)18;10-7-3-4-12(9(13)11-7)8-2-1-6(17-8)5-16-18(14)15;1-2;/h4-7H,1-3H2,(H2,11,12,13)(H2,16,17,18);3-4,6,8,14-15H,1-2,5H2,(H2,10,11,13);2H,1H3;1H2. The maximum Gasteiger partial charge on any atom is 0.469 e. The molecule has 2 fully saturated rings. The number of nitrogen functional groups attached to an aromatic ring is 2. The third kappa shape index (κ3) is 9.94. The molecule has 3 aromatic heterocycles. The van der Waals surface area contributed by atoms with Crippen molar-refractivity contribution in [2.24, 2.45) is 0 Å². The summed E-state index contributed by atoms with van der Waals surface area (Å²) in [4.78, 5) is 62.0. The minimum Gasteiger partial charge on any atom is -0.412 e. The van der Waals surface area contributed by atoms with Crippen LogP contribution in [0.15, 0.2) is 29.7 Å². The molecule has 22 heteroatoms. The maximum atomic E-state index is 11.6. The van der Waals surface area contributed by atoms with E-state index in [0.717, 1.165) is 7.11 Å². The number of fused-ring (bicyclic) bond motifs is 1. The Labute approximate surface area is 239 Å². The molecule has 0 amide bonds. The SMILES string of the molecule is CO.Nc1ccn(C2CCC(COP(O)O)O2)c(=O)n1.Nc1ncnc2c1ncn2C1CCC(COP(=O)(O)O)O1.O. The highest BCUT2D eigenvalue weighted by molar-refractivity contribution is 7.46. The van der Waals surface area contributed by atoms with E-state index in [2.05, 4.69) is 29.0 Å². The number of nitrogens with two attached hydrogens (primary N) is 2. The Morgan fingerprint density at radius 1 is 1.02 bits per heavy atom. The van der Waals surface area contributed by atoms with Gasteiger partial charge in [0.2, 0.25) is 0 Å². The van der Waals surface area contributed by atoms with Crippen LogP contribution in [0.5, 0.6) is 0 Å². The first-order valence-electron chi connectivity index (χ1n) is 12.0. The normalized spacial score (nSPS) is 21.8. The van der Waals surface area contributed by atoms with Crippen molar-refractivity contribution < 1.29 is 53.2 Å². The van der Waals surface area contributed by atoms with Gasteiger partial charge in [0.1, 0.15) is 30.1 Å². The Kier molecular flexibility index (Phi) is 13.7. The number of phosphoric acid groups is 1. The molecule has 4 atom stereocenters. The van der Waals surface area contributed by atoms with Crippen molar-refractivity contribution in [2.45, 2.75) is 50.3 Å². The summed E-state index contributed by atoms with van der Waals surface area (Å²) in [7, 11) is -5.85. The van der Waals surface area contributed by atoms with Gasteiger partial charge in [-0.1, -0.05) is 0 Å². The van der Waals surface area contributed by atoms with E-state index in [1.807, 2.05) is 0 Å². The van der Waals surface area contributed by atoms with E-state index in [-0.39, 0.29) is 48.8 Å². The molecule has 0 spiro atoms. The fraction of sp³-hybridized carbons (Fsp3) is 0.550. The second kappa shape index (κ2) is 16.2. The number of rotatable bonds is 8. The second-order valence-electron chi connectivity index (χ2n) is 8.54. The van der Waals surface area contributed by atoms with Crippen LogP contribution in [0.1, 0.15) is 38.1 Å². The lowest BCUT2D eigenvalue weighted by Crippen LogP contribution is -2.27. The van der Waals surface area contributed by atoms with Gasteiger partial charge < -0.3 is 55.6 Å². The van der Waals surface area contributed by atoms with Crippen molar-refractivity contribution >= 4 is 39.2 Å². The van der Waals surface area contributed by atoms with Gasteiger partial charge in [0.15, 0.2) is 11.5 Å². The molecular formula is C20H34N8O12P2. The topological polar surface area (TPSA) is 317 Å². The largest absolute Gasteiger partial charge is 0.469 e. The van der Waals surface area contributed by atoms with Gasteiger partial charge in [0.05, 0.1) is 31.7 Å². The Balaban J connectivity index is 0.000000274. The zero-order valence-electron chi connectivity index (χ0n) is 22.3. The third-order valence-corrected chi connectivity index (χ3v) is 6.70. The summed E-state index contributed by atoms with van der Waals surface area (Å²) in [5.74, 6) is 0.457. The number of hydrogen-bond donors (Lipinski definition) is 7. The van der Waals surface area contributed by atoms with Gasteiger partial charge in [-0.3, -0.25) is 13.7 Å². The third-order valence-electron chi connectivity index (χ3n) is 5.83. The van der Waals surface area contributed by atoms with Crippen molar-refractivity contribution in [3.63, 3.8) is 0 Å². The molecule has 236 valence electrons. The Bertz CT molecular complexity index is 1370. The van der Waals surface area contributed by atoms with E-state index < -0.39 is 28.3 Å². The lowest BCUT2D eigenvalue weighted by molar-refractivity contribution is -0.0215. The Hall–Kier alpha value is -2.71.